The topological polar surface area (TPSA) is 87.0 Å². The van der Waals surface area contributed by atoms with Gasteiger partial charge in [0.1, 0.15) is 12.4 Å². The molecule has 3 atom stereocenters. The number of hydrogen-bond acceptors (Lipinski definition) is 4. The summed E-state index contributed by atoms with van der Waals surface area (Å²) in [5.41, 5.74) is 1.12. The maximum absolute atomic E-state index is 10.5. The van der Waals surface area contributed by atoms with E-state index in [1.165, 1.54) is 0 Å². The van der Waals surface area contributed by atoms with Gasteiger partial charge in [-0.3, -0.25) is 4.79 Å². The Morgan fingerprint density at radius 2 is 1.96 bits per heavy atom. The van der Waals surface area contributed by atoms with Crippen molar-refractivity contribution in [2.24, 2.45) is 5.92 Å². The van der Waals surface area contributed by atoms with Gasteiger partial charge in [-0.2, -0.15) is 0 Å². The highest BCUT2D eigenvalue weighted by atomic mass is 16.5. The van der Waals surface area contributed by atoms with Crippen molar-refractivity contribution in [1.82, 2.24) is 0 Å². The van der Waals surface area contributed by atoms with Gasteiger partial charge in [0.05, 0.1) is 12.2 Å². The first kappa shape index (κ1) is 23.2. The molecule has 0 saturated carbocycles. The van der Waals surface area contributed by atoms with Crippen molar-refractivity contribution in [2.75, 3.05) is 6.61 Å². The fraction of sp³-hybridized carbons (Fsp3) is 0.591. The maximum atomic E-state index is 10.5. The molecule has 3 N–H and O–H groups in total. The molecule has 1 rings (SSSR count). The number of allylic oxidation sites excluding steroid dienone is 2. The number of unbranched alkanes of at least 4 members (excludes halogenated alkanes) is 1. The Morgan fingerprint density at radius 3 is 2.63 bits per heavy atom. The van der Waals surface area contributed by atoms with Gasteiger partial charge in [-0.05, 0) is 69.6 Å². The maximum Gasteiger partial charge on any atom is 0.303 e. The number of rotatable bonds is 14. The molecule has 27 heavy (non-hydrogen) atoms. The quantitative estimate of drug-likeness (QED) is 0.335. The van der Waals surface area contributed by atoms with Crippen LogP contribution in [0.5, 0.6) is 5.75 Å². The summed E-state index contributed by atoms with van der Waals surface area (Å²) in [6.07, 6.45) is 7.70. The normalized spacial score (nSPS) is 14.8. The third-order valence-electron chi connectivity index (χ3n) is 4.59. The molecule has 0 aromatic heterocycles. The molecule has 5 heteroatoms. The first-order valence-corrected chi connectivity index (χ1v) is 9.81. The molecule has 0 saturated heterocycles. The largest absolute Gasteiger partial charge is 0.491 e. The number of benzene rings is 1. The smallest absolute Gasteiger partial charge is 0.303 e. The lowest BCUT2D eigenvalue weighted by atomic mass is 9.92. The average Bonchev–Trinajstić information content (AvgIpc) is 2.60. The van der Waals surface area contributed by atoms with Crippen LogP contribution in [0.3, 0.4) is 0 Å². The molecular formula is C22H34O5. The van der Waals surface area contributed by atoms with Crippen molar-refractivity contribution in [3.05, 3.63) is 42.0 Å². The van der Waals surface area contributed by atoms with E-state index in [2.05, 4.69) is 0 Å². The van der Waals surface area contributed by atoms with E-state index in [9.17, 15) is 15.0 Å². The second kappa shape index (κ2) is 13.3. The van der Waals surface area contributed by atoms with Gasteiger partial charge in [0.15, 0.2) is 0 Å². The highest BCUT2D eigenvalue weighted by Crippen LogP contribution is 2.19. The Balaban J connectivity index is 2.23. The van der Waals surface area contributed by atoms with Crippen LogP contribution in [-0.4, -0.2) is 40.1 Å². The van der Waals surface area contributed by atoms with Crippen LogP contribution >= 0.6 is 0 Å². The number of carboxylic acid groups (broad SMARTS) is 1. The standard InChI is InChI=1S/C22H34O5/c1-17-9-7-13-21(15-17)27-16-20(24)12-8-11-19(18(2)23)10-5-3-4-6-14-22(25)26/h3,5,7,9,13,15,18-20,23-24H,4,6,8,10-12,14,16H2,1-2H3,(H,25,26)/b5-3-. The Kier molecular flexibility index (Phi) is 11.5. The molecule has 0 fully saturated rings. The molecule has 0 spiro atoms. The predicted molar refractivity (Wildman–Crippen MR) is 107 cm³/mol. The number of carbonyl (C=O) groups is 1. The van der Waals surface area contributed by atoms with Gasteiger partial charge in [0, 0.05) is 6.42 Å². The average molecular weight is 379 g/mol. The van der Waals surface area contributed by atoms with E-state index in [0.29, 0.717) is 12.8 Å². The van der Waals surface area contributed by atoms with Crippen LogP contribution in [0, 0.1) is 12.8 Å². The van der Waals surface area contributed by atoms with Gasteiger partial charge >= 0.3 is 5.97 Å². The van der Waals surface area contributed by atoms with Gasteiger partial charge in [-0.15, -0.1) is 0 Å². The van der Waals surface area contributed by atoms with Crippen molar-refractivity contribution in [1.29, 1.82) is 0 Å². The molecule has 152 valence electrons. The zero-order valence-electron chi connectivity index (χ0n) is 16.5. The van der Waals surface area contributed by atoms with Gasteiger partial charge in [-0.1, -0.05) is 30.7 Å². The van der Waals surface area contributed by atoms with E-state index < -0.39 is 18.2 Å². The number of hydrogen-bond donors (Lipinski definition) is 3. The molecule has 1 aromatic carbocycles. The van der Waals surface area contributed by atoms with E-state index in [4.69, 9.17) is 9.84 Å². The summed E-state index contributed by atoms with van der Waals surface area (Å²) >= 11 is 0. The second-order valence-corrected chi connectivity index (χ2v) is 7.21. The van der Waals surface area contributed by atoms with Crippen LogP contribution < -0.4 is 4.74 Å². The van der Waals surface area contributed by atoms with Crippen LogP contribution in [0.1, 0.15) is 57.4 Å². The Morgan fingerprint density at radius 1 is 1.19 bits per heavy atom. The number of carboxylic acids is 1. The number of aliphatic hydroxyl groups is 2. The summed E-state index contributed by atoms with van der Waals surface area (Å²) in [6, 6.07) is 7.75. The molecule has 0 amide bonds. The highest BCUT2D eigenvalue weighted by molar-refractivity contribution is 5.66. The van der Waals surface area contributed by atoms with Crippen LogP contribution in [0.15, 0.2) is 36.4 Å². The SMILES string of the molecule is Cc1cccc(OCC(O)CCCC(C/C=C\CCCC(=O)O)C(C)O)c1. The summed E-state index contributed by atoms with van der Waals surface area (Å²) in [4.78, 5) is 10.5. The number of aliphatic carboxylic acids is 1. The fourth-order valence-corrected chi connectivity index (χ4v) is 2.91. The zero-order chi connectivity index (χ0) is 20.1. The van der Waals surface area contributed by atoms with Crippen molar-refractivity contribution in [3.8, 4) is 5.75 Å². The molecule has 1 aromatic rings. The van der Waals surface area contributed by atoms with Crippen molar-refractivity contribution < 1.29 is 24.9 Å². The molecule has 0 heterocycles. The van der Waals surface area contributed by atoms with Crippen LogP contribution in [0.2, 0.25) is 0 Å². The molecule has 0 aliphatic heterocycles. The molecule has 0 bridgehead atoms. The lowest BCUT2D eigenvalue weighted by molar-refractivity contribution is -0.137. The zero-order valence-corrected chi connectivity index (χ0v) is 16.5. The fourth-order valence-electron chi connectivity index (χ4n) is 2.91. The first-order valence-electron chi connectivity index (χ1n) is 9.81. The van der Waals surface area contributed by atoms with Crippen LogP contribution in [-0.2, 0) is 4.79 Å². The van der Waals surface area contributed by atoms with Crippen LogP contribution in [0.25, 0.3) is 0 Å². The van der Waals surface area contributed by atoms with Crippen molar-refractivity contribution in [3.63, 3.8) is 0 Å². The minimum atomic E-state index is -0.768. The molecular weight excluding hydrogens is 344 g/mol. The van der Waals surface area contributed by atoms with E-state index >= 15 is 0 Å². The van der Waals surface area contributed by atoms with Gasteiger partial charge in [-0.25, -0.2) is 0 Å². The van der Waals surface area contributed by atoms with Gasteiger partial charge in [0.2, 0.25) is 0 Å². The number of aryl methyl sites for hydroxylation is 1. The first-order chi connectivity index (χ1) is 12.9. The minimum absolute atomic E-state index is 0.144. The molecule has 0 aliphatic carbocycles. The van der Waals surface area contributed by atoms with Gasteiger partial charge in [0.25, 0.3) is 0 Å². The lowest BCUT2D eigenvalue weighted by Gasteiger charge is -2.19. The van der Waals surface area contributed by atoms with E-state index in [-0.39, 0.29) is 18.9 Å². The van der Waals surface area contributed by atoms with Crippen molar-refractivity contribution in [2.45, 2.75) is 71.0 Å². The van der Waals surface area contributed by atoms with E-state index in [1.54, 1.807) is 6.92 Å². The van der Waals surface area contributed by atoms with Crippen molar-refractivity contribution >= 4 is 5.97 Å². The van der Waals surface area contributed by atoms with E-state index in [0.717, 1.165) is 37.0 Å². The second-order valence-electron chi connectivity index (χ2n) is 7.21. The van der Waals surface area contributed by atoms with Gasteiger partial charge < -0.3 is 20.1 Å². The number of aliphatic hydroxyl groups excluding tert-OH is 2. The number of ether oxygens (including phenoxy) is 1. The summed E-state index contributed by atoms with van der Waals surface area (Å²) in [6.45, 7) is 4.06. The summed E-state index contributed by atoms with van der Waals surface area (Å²) in [5.74, 6) is 0.143. The Hall–Kier alpha value is -1.85. The van der Waals surface area contributed by atoms with E-state index in [1.807, 2.05) is 43.3 Å². The third-order valence-corrected chi connectivity index (χ3v) is 4.59. The molecule has 3 unspecified atom stereocenters. The summed E-state index contributed by atoms with van der Waals surface area (Å²) in [7, 11) is 0. The Labute approximate surface area is 162 Å². The summed E-state index contributed by atoms with van der Waals surface area (Å²) in [5, 5.41) is 28.6. The predicted octanol–water partition coefficient (Wildman–Crippen LogP) is 4.10. The minimum Gasteiger partial charge on any atom is -0.491 e. The summed E-state index contributed by atoms with van der Waals surface area (Å²) < 4.78 is 5.62. The van der Waals surface area contributed by atoms with Crippen LogP contribution in [0.4, 0.5) is 0 Å². The monoisotopic (exact) mass is 378 g/mol. The highest BCUT2D eigenvalue weighted by Gasteiger charge is 2.14. The third kappa shape index (κ3) is 11.5. The molecule has 0 radical (unpaired) electrons. The Bertz CT molecular complexity index is 568. The molecule has 0 aliphatic rings. The lowest BCUT2D eigenvalue weighted by Crippen LogP contribution is -2.20. The molecule has 5 nitrogen and oxygen atoms in total.